The molecule has 1 aromatic carbocycles. The van der Waals surface area contributed by atoms with Gasteiger partial charge in [0, 0.05) is 20.1 Å². The zero-order valence-corrected chi connectivity index (χ0v) is 11.7. The van der Waals surface area contributed by atoms with Gasteiger partial charge >= 0.3 is 0 Å². The molecule has 0 radical (unpaired) electrons. The molecule has 98 valence electrons. The fourth-order valence-corrected chi connectivity index (χ4v) is 3.02. The molecular weight excluding hydrogens is 274 g/mol. The van der Waals surface area contributed by atoms with Crippen LogP contribution in [-0.4, -0.2) is 39.9 Å². The highest BCUT2D eigenvalue weighted by Gasteiger charge is 2.23. The third-order valence-electron chi connectivity index (χ3n) is 2.43. The molecule has 0 saturated heterocycles. The van der Waals surface area contributed by atoms with Gasteiger partial charge in [-0.15, -0.1) is 0 Å². The number of nitrogens with one attached hydrogen (secondary N) is 1. The van der Waals surface area contributed by atoms with Gasteiger partial charge in [-0.2, -0.15) is 9.57 Å². The summed E-state index contributed by atoms with van der Waals surface area (Å²) >= 11 is 5.90. The molecule has 0 bridgehead atoms. The standard InChI is InChI=1S/C11H14ClN3O2S/c1-14-5-6-15(2)18(16,17)11-4-3-9(8-13)7-10(11)12/h3-4,7,14H,5-6H2,1-2H3. The number of nitriles is 1. The summed E-state index contributed by atoms with van der Waals surface area (Å²) in [4.78, 5) is 0.0155. The zero-order chi connectivity index (χ0) is 13.8. The molecule has 0 aliphatic rings. The number of sulfonamides is 1. The minimum absolute atomic E-state index is 0.0155. The fourth-order valence-electron chi connectivity index (χ4n) is 1.34. The van der Waals surface area contributed by atoms with E-state index < -0.39 is 10.0 Å². The first-order valence-corrected chi connectivity index (χ1v) is 7.06. The third kappa shape index (κ3) is 3.21. The van der Waals surface area contributed by atoms with Crippen molar-refractivity contribution in [1.29, 1.82) is 5.26 Å². The first kappa shape index (κ1) is 14.9. The van der Waals surface area contributed by atoms with E-state index in [0.717, 1.165) is 0 Å². The van der Waals surface area contributed by atoms with Gasteiger partial charge in [0.25, 0.3) is 0 Å². The summed E-state index contributed by atoms with van der Waals surface area (Å²) in [5, 5.41) is 11.6. The van der Waals surface area contributed by atoms with Crippen LogP contribution in [0.2, 0.25) is 5.02 Å². The van der Waals surface area contributed by atoms with Gasteiger partial charge in [-0.25, -0.2) is 8.42 Å². The van der Waals surface area contributed by atoms with E-state index in [0.29, 0.717) is 18.7 Å². The summed E-state index contributed by atoms with van der Waals surface area (Å²) in [5.74, 6) is 0. The molecule has 0 unspecified atom stereocenters. The summed E-state index contributed by atoms with van der Waals surface area (Å²) in [5.41, 5.74) is 0.330. The average Bonchev–Trinajstić information content (AvgIpc) is 2.35. The van der Waals surface area contributed by atoms with Crippen molar-refractivity contribution in [3.8, 4) is 6.07 Å². The Labute approximate surface area is 112 Å². The number of hydrogen-bond acceptors (Lipinski definition) is 4. The smallest absolute Gasteiger partial charge is 0.244 e. The van der Waals surface area contributed by atoms with Gasteiger partial charge in [-0.3, -0.25) is 0 Å². The summed E-state index contributed by atoms with van der Waals surface area (Å²) in [7, 11) is -0.382. The monoisotopic (exact) mass is 287 g/mol. The summed E-state index contributed by atoms with van der Waals surface area (Å²) in [6.45, 7) is 0.888. The highest BCUT2D eigenvalue weighted by Crippen LogP contribution is 2.24. The number of hydrogen-bond donors (Lipinski definition) is 1. The van der Waals surface area contributed by atoms with Crippen molar-refractivity contribution in [1.82, 2.24) is 9.62 Å². The maximum atomic E-state index is 12.2. The Morgan fingerprint density at radius 3 is 2.67 bits per heavy atom. The summed E-state index contributed by atoms with van der Waals surface area (Å²) < 4.78 is 25.6. The van der Waals surface area contributed by atoms with Crippen LogP contribution in [-0.2, 0) is 10.0 Å². The topological polar surface area (TPSA) is 73.2 Å². The normalized spacial score (nSPS) is 11.5. The average molecular weight is 288 g/mol. The van der Waals surface area contributed by atoms with Crippen LogP contribution in [0, 0.1) is 11.3 Å². The minimum atomic E-state index is -3.61. The third-order valence-corrected chi connectivity index (χ3v) is 4.77. The first-order chi connectivity index (χ1) is 8.43. The van der Waals surface area contributed by atoms with Crippen LogP contribution >= 0.6 is 11.6 Å². The molecule has 1 aromatic rings. The van der Waals surface area contributed by atoms with E-state index in [1.54, 1.807) is 7.05 Å². The maximum Gasteiger partial charge on any atom is 0.244 e. The highest BCUT2D eigenvalue weighted by atomic mass is 35.5. The quantitative estimate of drug-likeness (QED) is 0.878. The van der Waals surface area contributed by atoms with E-state index in [-0.39, 0.29) is 9.92 Å². The Morgan fingerprint density at radius 1 is 1.50 bits per heavy atom. The Morgan fingerprint density at radius 2 is 2.17 bits per heavy atom. The van der Waals surface area contributed by atoms with Crippen molar-refractivity contribution in [3.05, 3.63) is 28.8 Å². The molecule has 0 fully saturated rings. The predicted octanol–water partition coefficient (Wildman–Crippen LogP) is 1.05. The van der Waals surface area contributed by atoms with Crippen LogP contribution in [0.5, 0.6) is 0 Å². The largest absolute Gasteiger partial charge is 0.318 e. The van der Waals surface area contributed by atoms with E-state index in [1.807, 2.05) is 6.07 Å². The fraction of sp³-hybridized carbons (Fsp3) is 0.364. The van der Waals surface area contributed by atoms with Crippen molar-refractivity contribution in [3.63, 3.8) is 0 Å². The minimum Gasteiger partial charge on any atom is -0.318 e. The predicted molar refractivity (Wildman–Crippen MR) is 69.9 cm³/mol. The van der Waals surface area contributed by atoms with E-state index in [2.05, 4.69) is 5.32 Å². The van der Waals surface area contributed by atoms with Gasteiger partial charge < -0.3 is 5.32 Å². The molecule has 0 aromatic heterocycles. The number of benzene rings is 1. The molecule has 1 N–H and O–H groups in total. The van der Waals surface area contributed by atoms with Crippen molar-refractivity contribution in [2.75, 3.05) is 27.2 Å². The lowest BCUT2D eigenvalue weighted by atomic mass is 10.2. The van der Waals surface area contributed by atoms with Gasteiger partial charge in [0.1, 0.15) is 4.90 Å². The van der Waals surface area contributed by atoms with Crippen molar-refractivity contribution in [2.45, 2.75) is 4.90 Å². The van der Waals surface area contributed by atoms with Crippen LogP contribution < -0.4 is 5.32 Å². The van der Waals surface area contributed by atoms with Gasteiger partial charge in [-0.1, -0.05) is 11.6 Å². The van der Waals surface area contributed by atoms with Crippen molar-refractivity contribution >= 4 is 21.6 Å². The summed E-state index contributed by atoms with van der Waals surface area (Å²) in [6.07, 6.45) is 0. The molecular formula is C11H14ClN3O2S. The molecule has 1 rings (SSSR count). The van der Waals surface area contributed by atoms with Gasteiger partial charge in [0.05, 0.1) is 16.7 Å². The van der Waals surface area contributed by atoms with Crippen molar-refractivity contribution in [2.24, 2.45) is 0 Å². The second-order valence-corrected chi connectivity index (χ2v) is 6.11. The number of nitrogens with zero attached hydrogens (tertiary/aromatic N) is 2. The van der Waals surface area contributed by atoms with Gasteiger partial charge in [-0.05, 0) is 25.2 Å². The highest BCUT2D eigenvalue weighted by molar-refractivity contribution is 7.89. The molecule has 0 spiro atoms. The summed E-state index contributed by atoms with van der Waals surface area (Å²) in [6, 6.07) is 6.04. The van der Waals surface area contributed by atoms with E-state index >= 15 is 0 Å². The Bertz CT molecular complexity index is 566. The van der Waals surface area contributed by atoms with Crippen LogP contribution in [0.4, 0.5) is 0 Å². The zero-order valence-electron chi connectivity index (χ0n) is 10.1. The second-order valence-electron chi connectivity index (χ2n) is 3.69. The SMILES string of the molecule is CNCCN(C)S(=O)(=O)c1ccc(C#N)cc1Cl. The Hall–Kier alpha value is -1.13. The van der Waals surface area contributed by atoms with Crippen LogP contribution in [0.25, 0.3) is 0 Å². The number of rotatable bonds is 5. The molecule has 18 heavy (non-hydrogen) atoms. The number of halogens is 1. The lowest BCUT2D eigenvalue weighted by Crippen LogP contribution is -2.33. The van der Waals surface area contributed by atoms with Gasteiger partial charge in [0.15, 0.2) is 0 Å². The lowest BCUT2D eigenvalue weighted by molar-refractivity contribution is 0.466. The lowest BCUT2D eigenvalue weighted by Gasteiger charge is -2.17. The van der Waals surface area contributed by atoms with E-state index in [9.17, 15) is 8.42 Å². The molecule has 0 aliphatic carbocycles. The second kappa shape index (κ2) is 6.16. The molecule has 5 nitrogen and oxygen atoms in total. The van der Waals surface area contributed by atoms with Crippen LogP contribution in [0.3, 0.4) is 0 Å². The van der Waals surface area contributed by atoms with Crippen LogP contribution in [0.15, 0.2) is 23.1 Å². The Kier molecular flexibility index (Phi) is 5.11. The van der Waals surface area contributed by atoms with E-state index in [1.165, 1.54) is 29.6 Å². The molecule has 0 heterocycles. The van der Waals surface area contributed by atoms with E-state index in [4.69, 9.17) is 16.9 Å². The van der Waals surface area contributed by atoms with Crippen molar-refractivity contribution < 1.29 is 8.42 Å². The number of likely N-dealkylation sites (N-methyl/N-ethyl adjacent to an activating group) is 2. The van der Waals surface area contributed by atoms with Gasteiger partial charge in [0.2, 0.25) is 10.0 Å². The molecule has 0 aliphatic heterocycles. The molecule has 7 heteroatoms. The maximum absolute atomic E-state index is 12.2. The molecule has 0 saturated carbocycles. The van der Waals surface area contributed by atoms with Crippen LogP contribution in [0.1, 0.15) is 5.56 Å². The molecule has 0 amide bonds. The molecule has 0 atom stereocenters. The Balaban J connectivity index is 3.09. The first-order valence-electron chi connectivity index (χ1n) is 5.24.